The average Bonchev–Trinajstić information content (AvgIpc) is 2.89. The predicted octanol–water partition coefficient (Wildman–Crippen LogP) is 1.26. The van der Waals surface area contributed by atoms with Crippen LogP contribution >= 0.6 is 0 Å². The molecule has 20 heavy (non-hydrogen) atoms. The van der Waals surface area contributed by atoms with E-state index in [0.29, 0.717) is 38.5 Å². The lowest BCUT2D eigenvalue weighted by Crippen LogP contribution is -2.46. The molecule has 1 aliphatic rings. The van der Waals surface area contributed by atoms with Crippen molar-refractivity contribution < 1.29 is 9.53 Å². The third-order valence-electron chi connectivity index (χ3n) is 3.96. The summed E-state index contributed by atoms with van der Waals surface area (Å²) < 4.78 is 5.32. The lowest BCUT2D eigenvalue weighted by atomic mass is 9.79. The highest BCUT2D eigenvalue weighted by molar-refractivity contribution is 5.82. The number of rotatable bonds is 4. The molecule has 0 atom stereocenters. The van der Waals surface area contributed by atoms with Crippen molar-refractivity contribution in [3.63, 3.8) is 0 Å². The van der Waals surface area contributed by atoms with E-state index in [2.05, 4.69) is 15.3 Å². The summed E-state index contributed by atoms with van der Waals surface area (Å²) in [5.74, 6) is 0.391. The lowest BCUT2D eigenvalue weighted by Gasteiger charge is -2.34. The average molecular weight is 274 g/mol. The summed E-state index contributed by atoms with van der Waals surface area (Å²) in [5.41, 5.74) is 6.90. The second-order valence-corrected chi connectivity index (χ2v) is 5.21. The zero-order valence-electron chi connectivity index (χ0n) is 11.2. The van der Waals surface area contributed by atoms with Crippen molar-refractivity contribution in [2.45, 2.75) is 12.8 Å². The van der Waals surface area contributed by atoms with Gasteiger partial charge < -0.3 is 20.8 Å². The van der Waals surface area contributed by atoms with Crippen molar-refractivity contribution in [1.29, 1.82) is 0 Å². The van der Waals surface area contributed by atoms with Crippen LogP contribution in [0.15, 0.2) is 24.3 Å². The number of hydrogen-bond donors (Lipinski definition) is 3. The number of anilines is 1. The molecule has 0 aliphatic carbocycles. The first-order valence-corrected chi connectivity index (χ1v) is 6.76. The standard InChI is InChI=1S/C14H18N4O2/c15-12(19)14(5-7-20-8-6-14)9-16-13-17-10-3-1-2-4-11(10)18-13/h1-4H,5-9H2,(H2,15,19)(H2,16,17,18). The Hall–Kier alpha value is -2.08. The number of nitrogens with zero attached hydrogens (tertiary/aromatic N) is 1. The van der Waals surface area contributed by atoms with Crippen molar-refractivity contribution in [3.8, 4) is 0 Å². The molecule has 0 radical (unpaired) electrons. The molecule has 2 heterocycles. The third-order valence-corrected chi connectivity index (χ3v) is 3.96. The molecule has 1 aliphatic heterocycles. The largest absolute Gasteiger partial charge is 0.381 e. The van der Waals surface area contributed by atoms with Crippen LogP contribution in [0.5, 0.6) is 0 Å². The van der Waals surface area contributed by atoms with Gasteiger partial charge in [-0.15, -0.1) is 0 Å². The van der Waals surface area contributed by atoms with Gasteiger partial charge in [-0.3, -0.25) is 4.79 Å². The SMILES string of the molecule is NC(=O)C1(CNc2nc3ccccc3[nH]2)CCOCC1. The molecule has 1 saturated heterocycles. The number of nitrogens with two attached hydrogens (primary N) is 1. The number of carbonyl (C=O) groups excluding carboxylic acids is 1. The van der Waals surface area contributed by atoms with Gasteiger partial charge in [-0.2, -0.15) is 0 Å². The van der Waals surface area contributed by atoms with Crippen LogP contribution in [-0.2, 0) is 9.53 Å². The highest BCUT2D eigenvalue weighted by Crippen LogP contribution is 2.30. The van der Waals surface area contributed by atoms with Crippen LogP contribution in [0.3, 0.4) is 0 Å². The second-order valence-electron chi connectivity index (χ2n) is 5.21. The molecule has 0 spiro atoms. The molecule has 2 aromatic rings. The normalized spacial score (nSPS) is 18.0. The summed E-state index contributed by atoms with van der Waals surface area (Å²) in [6.45, 7) is 1.63. The number of carbonyl (C=O) groups is 1. The fraction of sp³-hybridized carbons (Fsp3) is 0.429. The Morgan fingerprint density at radius 3 is 2.85 bits per heavy atom. The number of amides is 1. The summed E-state index contributed by atoms with van der Waals surface area (Å²) in [7, 11) is 0. The Morgan fingerprint density at radius 2 is 2.15 bits per heavy atom. The van der Waals surface area contributed by atoms with E-state index in [1.165, 1.54) is 0 Å². The van der Waals surface area contributed by atoms with Gasteiger partial charge in [0.1, 0.15) is 0 Å². The molecule has 0 bridgehead atoms. The monoisotopic (exact) mass is 274 g/mol. The Bertz CT molecular complexity index is 583. The first-order chi connectivity index (χ1) is 9.70. The Labute approximate surface area is 116 Å². The number of hydrogen-bond acceptors (Lipinski definition) is 4. The number of benzene rings is 1. The van der Waals surface area contributed by atoms with Crippen molar-refractivity contribution in [3.05, 3.63) is 24.3 Å². The molecule has 0 saturated carbocycles. The maximum Gasteiger partial charge on any atom is 0.225 e. The lowest BCUT2D eigenvalue weighted by molar-refractivity contribution is -0.132. The van der Waals surface area contributed by atoms with E-state index < -0.39 is 5.41 Å². The van der Waals surface area contributed by atoms with E-state index in [1.54, 1.807) is 0 Å². The van der Waals surface area contributed by atoms with Gasteiger partial charge in [0.2, 0.25) is 11.9 Å². The number of H-pyrrole nitrogens is 1. The first kappa shape index (κ1) is 12.9. The van der Waals surface area contributed by atoms with Crippen LogP contribution in [0, 0.1) is 5.41 Å². The molecule has 6 heteroatoms. The van der Waals surface area contributed by atoms with Crippen LogP contribution in [0.2, 0.25) is 0 Å². The van der Waals surface area contributed by atoms with Gasteiger partial charge in [0.25, 0.3) is 0 Å². The maximum absolute atomic E-state index is 11.8. The number of aromatic nitrogens is 2. The third kappa shape index (κ3) is 2.34. The highest BCUT2D eigenvalue weighted by atomic mass is 16.5. The van der Waals surface area contributed by atoms with Crippen LogP contribution < -0.4 is 11.1 Å². The molecule has 1 aromatic carbocycles. The van der Waals surface area contributed by atoms with Crippen LogP contribution in [-0.4, -0.2) is 35.6 Å². The fourth-order valence-electron chi connectivity index (χ4n) is 2.56. The van der Waals surface area contributed by atoms with Gasteiger partial charge in [-0.1, -0.05) is 12.1 Å². The number of nitrogens with one attached hydrogen (secondary N) is 2. The summed E-state index contributed by atoms with van der Waals surface area (Å²) >= 11 is 0. The van der Waals surface area contributed by atoms with Gasteiger partial charge in [-0.05, 0) is 25.0 Å². The van der Waals surface area contributed by atoms with Crippen molar-refractivity contribution in [2.24, 2.45) is 11.1 Å². The molecule has 4 N–H and O–H groups in total. The number of fused-ring (bicyclic) bond motifs is 1. The quantitative estimate of drug-likeness (QED) is 0.782. The Balaban J connectivity index is 1.75. The predicted molar refractivity (Wildman–Crippen MR) is 76.3 cm³/mol. The molecule has 0 unspecified atom stereocenters. The van der Waals surface area contributed by atoms with Crippen molar-refractivity contribution in [1.82, 2.24) is 9.97 Å². The Kier molecular flexibility index (Phi) is 3.31. The highest BCUT2D eigenvalue weighted by Gasteiger charge is 2.38. The summed E-state index contributed by atoms with van der Waals surface area (Å²) in [4.78, 5) is 19.4. The Morgan fingerprint density at radius 1 is 1.40 bits per heavy atom. The maximum atomic E-state index is 11.8. The summed E-state index contributed by atoms with van der Waals surface area (Å²) in [5, 5.41) is 3.20. The summed E-state index contributed by atoms with van der Waals surface area (Å²) in [6, 6.07) is 7.80. The number of primary amides is 1. The van der Waals surface area contributed by atoms with E-state index in [0.717, 1.165) is 11.0 Å². The zero-order chi connectivity index (χ0) is 14.0. The molecular weight excluding hydrogens is 256 g/mol. The molecule has 1 aromatic heterocycles. The van der Waals surface area contributed by atoms with E-state index in [1.807, 2.05) is 24.3 Å². The topological polar surface area (TPSA) is 93.0 Å². The van der Waals surface area contributed by atoms with Crippen molar-refractivity contribution in [2.75, 3.05) is 25.1 Å². The molecule has 106 valence electrons. The van der Waals surface area contributed by atoms with E-state index in [4.69, 9.17) is 10.5 Å². The van der Waals surface area contributed by atoms with Gasteiger partial charge in [-0.25, -0.2) is 4.98 Å². The minimum absolute atomic E-state index is 0.274. The van der Waals surface area contributed by atoms with E-state index >= 15 is 0 Å². The summed E-state index contributed by atoms with van der Waals surface area (Å²) in [6.07, 6.45) is 1.30. The van der Waals surface area contributed by atoms with Gasteiger partial charge >= 0.3 is 0 Å². The molecule has 6 nitrogen and oxygen atoms in total. The fourth-order valence-corrected chi connectivity index (χ4v) is 2.56. The molecule has 3 rings (SSSR count). The van der Waals surface area contributed by atoms with Gasteiger partial charge in [0.15, 0.2) is 0 Å². The van der Waals surface area contributed by atoms with Gasteiger partial charge in [0, 0.05) is 19.8 Å². The number of ether oxygens (including phenoxy) is 1. The molecule has 1 fully saturated rings. The van der Waals surface area contributed by atoms with E-state index in [9.17, 15) is 4.79 Å². The van der Waals surface area contributed by atoms with Crippen LogP contribution in [0.25, 0.3) is 11.0 Å². The smallest absolute Gasteiger partial charge is 0.225 e. The zero-order valence-corrected chi connectivity index (χ0v) is 11.2. The minimum atomic E-state index is -0.544. The number of imidazole rings is 1. The van der Waals surface area contributed by atoms with Crippen LogP contribution in [0.4, 0.5) is 5.95 Å². The molecule has 1 amide bonds. The van der Waals surface area contributed by atoms with Crippen molar-refractivity contribution >= 4 is 22.9 Å². The molecular formula is C14H18N4O2. The number of para-hydroxylation sites is 2. The first-order valence-electron chi connectivity index (χ1n) is 6.76. The minimum Gasteiger partial charge on any atom is -0.381 e. The van der Waals surface area contributed by atoms with Crippen LogP contribution in [0.1, 0.15) is 12.8 Å². The second kappa shape index (κ2) is 5.13. The van der Waals surface area contributed by atoms with E-state index in [-0.39, 0.29) is 5.91 Å². The van der Waals surface area contributed by atoms with Gasteiger partial charge in [0.05, 0.1) is 16.4 Å². The number of aromatic amines is 1.